The fourth-order valence-electron chi connectivity index (χ4n) is 0.871. The van der Waals surface area contributed by atoms with Crippen molar-refractivity contribution in [2.24, 2.45) is 0 Å². The molecule has 7 heteroatoms. The minimum absolute atomic E-state index is 0. The van der Waals surface area contributed by atoms with Gasteiger partial charge < -0.3 is 10.2 Å². The largest absolute Gasteiger partial charge is 1.00 e. The van der Waals surface area contributed by atoms with Crippen molar-refractivity contribution in [3.63, 3.8) is 0 Å². The maximum Gasteiger partial charge on any atom is 1.00 e. The van der Waals surface area contributed by atoms with E-state index in [2.05, 4.69) is 0 Å². The molecule has 0 saturated carbocycles. The minimum atomic E-state index is -0.853. The molecule has 15 heavy (non-hydrogen) atoms. The van der Waals surface area contributed by atoms with Crippen LogP contribution in [0.15, 0.2) is 0 Å². The molecular formula is C8HCl2N2NaO2. The number of nitrogens with zero attached hydrogens (tertiary/aromatic N) is 2. The molecule has 1 rings (SSSR count). The van der Waals surface area contributed by atoms with E-state index in [9.17, 15) is 10.2 Å². The number of hydrogen-bond donors (Lipinski definition) is 1. The van der Waals surface area contributed by atoms with Crippen molar-refractivity contribution in [3.05, 3.63) is 21.2 Å². The van der Waals surface area contributed by atoms with Gasteiger partial charge in [0.05, 0.1) is 10.6 Å². The molecule has 1 aromatic carbocycles. The van der Waals surface area contributed by atoms with Gasteiger partial charge in [0, 0.05) is 0 Å². The molecule has 1 aromatic rings. The molecule has 0 aliphatic heterocycles. The van der Waals surface area contributed by atoms with Gasteiger partial charge in [0.15, 0.2) is 5.75 Å². The van der Waals surface area contributed by atoms with E-state index in [1.54, 1.807) is 0 Å². The smallest absolute Gasteiger partial charge is 0.871 e. The van der Waals surface area contributed by atoms with Crippen LogP contribution in [-0.2, 0) is 0 Å². The van der Waals surface area contributed by atoms with Gasteiger partial charge in [-0.05, 0) is 0 Å². The standard InChI is InChI=1S/C8H2Cl2N2O2.Na/c9-5-6(10)8(14)4(2-12)3(1-11)7(5)13;/h13-14H;/q;+1/p-1. The zero-order valence-electron chi connectivity index (χ0n) is 7.51. The van der Waals surface area contributed by atoms with Crippen LogP contribution in [0.4, 0.5) is 0 Å². The van der Waals surface area contributed by atoms with Gasteiger partial charge in [-0.1, -0.05) is 29.0 Å². The van der Waals surface area contributed by atoms with E-state index in [1.165, 1.54) is 12.1 Å². The predicted octanol–water partition coefficient (Wildman–Crippen LogP) is -1.48. The average molecular weight is 251 g/mol. The maximum atomic E-state index is 11.3. The van der Waals surface area contributed by atoms with E-state index in [-0.39, 0.29) is 29.6 Å². The van der Waals surface area contributed by atoms with Crippen molar-refractivity contribution in [1.29, 1.82) is 10.5 Å². The van der Waals surface area contributed by atoms with Crippen LogP contribution in [0.3, 0.4) is 0 Å². The number of halogens is 2. The molecule has 0 radical (unpaired) electrons. The fraction of sp³-hybridized carbons (Fsp3) is 0. The fourth-order valence-corrected chi connectivity index (χ4v) is 1.23. The monoisotopic (exact) mass is 250 g/mol. The number of benzene rings is 1. The average Bonchev–Trinajstić information content (AvgIpc) is 2.20. The Morgan fingerprint density at radius 2 is 1.53 bits per heavy atom. The summed E-state index contributed by atoms with van der Waals surface area (Å²) in [6, 6.07) is 2.99. The summed E-state index contributed by atoms with van der Waals surface area (Å²) in [5.74, 6) is -1.50. The van der Waals surface area contributed by atoms with Crippen LogP contribution in [0.1, 0.15) is 11.1 Å². The summed E-state index contributed by atoms with van der Waals surface area (Å²) in [5, 5.41) is 36.8. The summed E-state index contributed by atoms with van der Waals surface area (Å²) in [6.07, 6.45) is 0. The van der Waals surface area contributed by atoms with Gasteiger partial charge in [-0.25, -0.2) is 0 Å². The molecule has 4 nitrogen and oxygen atoms in total. The second-order valence-electron chi connectivity index (χ2n) is 2.28. The third-order valence-electron chi connectivity index (χ3n) is 1.54. The number of phenols is 1. The van der Waals surface area contributed by atoms with Crippen LogP contribution < -0.4 is 34.7 Å². The molecule has 0 saturated heterocycles. The summed E-state index contributed by atoms with van der Waals surface area (Å²) < 4.78 is 0. The van der Waals surface area contributed by atoms with E-state index in [0.29, 0.717) is 0 Å². The number of nitriles is 2. The zero-order chi connectivity index (χ0) is 10.9. The molecule has 0 aliphatic carbocycles. The Labute approximate surface area is 118 Å². The molecule has 0 heterocycles. The van der Waals surface area contributed by atoms with Crippen LogP contribution in [0, 0.1) is 22.7 Å². The van der Waals surface area contributed by atoms with Crippen LogP contribution in [-0.4, -0.2) is 5.11 Å². The first-order valence-corrected chi connectivity index (χ1v) is 4.01. The Kier molecular flexibility index (Phi) is 5.23. The molecule has 0 fully saturated rings. The molecule has 0 atom stereocenters. The second-order valence-corrected chi connectivity index (χ2v) is 3.04. The van der Waals surface area contributed by atoms with Gasteiger partial charge in [0.2, 0.25) is 0 Å². The van der Waals surface area contributed by atoms with Crippen molar-refractivity contribution in [1.82, 2.24) is 0 Å². The first-order valence-electron chi connectivity index (χ1n) is 3.25. The third kappa shape index (κ3) is 2.31. The number of aromatic hydroxyl groups is 1. The predicted molar refractivity (Wildman–Crippen MR) is 47.0 cm³/mol. The van der Waals surface area contributed by atoms with Crippen molar-refractivity contribution in [3.8, 4) is 23.6 Å². The Bertz CT molecular complexity index is 446. The van der Waals surface area contributed by atoms with Crippen LogP contribution in [0.25, 0.3) is 0 Å². The third-order valence-corrected chi connectivity index (χ3v) is 2.36. The van der Waals surface area contributed by atoms with E-state index in [4.69, 9.17) is 33.7 Å². The Morgan fingerprint density at radius 1 is 1.07 bits per heavy atom. The Hall–Kier alpha value is -0.620. The van der Waals surface area contributed by atoms with Gasteiger partial charge in [-0.3, -0.25) is 0 Å². The van der Waals surface area contributed by atoms with Crippen molar-refractivity contribution in [2.75, 3.05) is 0 Å². The van der Waals surface area contributed by atoms with Crippen LogP contribution >= 0.6 is 23.2 Å². The molecule has 70 valence electrons. The van der Waals surface area contributed by atoms with Crippen molar-refractivity contribution in [2.45, 2.75) is 0 Å². The topological polar surface area (TPSA) is 90.9 Å². The van der Waals surface area contributed by atoms with Crippen LogP contribution in [0.2, 0.25) is 10.0 Å². The molecule has 1 N–H and O–H groups in total. The summed E-state index contributed by atoms with van der Waals surface area (Å²) in [5.41, 5.74) is -0.952. The molecule has 0 unspecified atom stereocenters. The normalized spacial score (nSPS) is 8.53. The van der Waals surface area contributed by atoms with Crippen molar-refractivity contribution < 1.29 is 39.8 Å². The van der Waals surface area contributed by atoms with Gasteiger partial charge in [0.1, 0.15) is 22.7 Å². The molecule has 0 aromatic heterocycles. The molecule has 0 spiro atoms. The number of phenolic OH excluding ortho intramolecular Hbond substituents is 1. The minimum Gasteiger partial charge on any atom is -0.871 e. The van der Waals surface area contributed by atoms with E-state index < -0.39 is 32.7 Å². The van der Waals surface area contributed by atoms with Gasteiger partial charge in [0.25, 0.3) is 0 Å². The summed E-state index contributed by atoms with van der Waals surface area (Å²) in [6.45, 7) is 0. The molecule has 0 bridgehead atoms. The van der Waals surface area contributed by atoms with Crippen LogP contribution in [0.5, 0.6) is 11.5 Å². The molecular weight excluding hydrogens is 250 g/mol. The van der Waals surface area contributed by atoms with Gasteiger partial charge >= 0.3 is 29.6 Å². The van der Waals surface area contributed by atoms with Crippen molar-refractivity contribution >= 4 is 23.2 Å². The summed E-state index contributed by atoms with van der Waals surface area (Å²) in [7, 11) is 0. The molecule has 0 aliphatic rings. The van der Waals surface area contributed by atoms with E-state index >= 15 is 0 Å². The quantitative estimate of drug-likeness (QED) is 0.569. The SMILES string of the molecule is N#Cc1c([O-])c(Cl)c(Cl)c(O)c1C#N.[Na+]. The Morgan fingerprint density at radius 3 is 1.93 bits per heavy atom. The zero-order valence-corrected chi connectivity index (χ0v) is 11.0. The first-order chi connectivity index (χ1) is 6.54. The Balaban J connectivity index is 0.00000196. The first kappa shape index (κ1) is 14.4. The van der Waals surface area contributed by atoms with Gasteiger partial charge in [-0.15, -0.1) is 0 Å². The summed E-state index contributed by atoms with van der Waals surface area (Å²) in [4.78, 5) is 0. The molecule has 0 amide bonds. The number of hydrogen-bond acceptors (Lipinski definition) is 4. The number of rotatable bonds is 0. The second kappa shape index (κ2) is 5.46. The summed E-state index contributed by atoms with van der Waals surface area (Å²) >= 11 is 10.9. The van der Waals surface area contributed by atoms with Gasteiger partial charge in [-0.2, -0.15) is 10.5 Å². The van der Waals surface area contributed by atoms with E-state index in [1.807, 2.05) is 0 Å². The van der Waals surface area contributed by atoms with E-state index in [0.717, 1.165) is 0 Å². The maximum absolute atomic E-state index is 11.3.